The molecule has 25 heavy (non-hydrogen) atoms. The molecular formula is C18H17ClN2O4. The van der Waals surface area contributed by atoms with Crippen LogP contribution in [0.5, 0.6) is 5.75 Å². The van der Waals surface area contributed by atoms with Crippen LogP contribution in [0.25, 0.3) is 0 Å². The molecule has 0 fully saturated rings. The van der Waals surface area contributed by atoms with E-state index in [1.807, 2.05) is 6.07 Å². The Labute approximate surface area is 150 Å². The zero-order valence-corrected chi connectivity index (χ0v) is 14.3. The molecule has 0 aliphatic rings. The Balaban J connectivity index is 1.80. The highest BCUT2D eigenvalue weighted by Crippen LogP contribution is 2.13. The topological polar surface area (TPSA) is 77.0 Å². The molecular weight excluding hydrogens is 344 g/mol. The number of benzene rings is 2. The van der Waals surface area contributed by atoms with Crippen molar-refractivity contribution in [3.05, 3.63) is 64.7 Å². The van der Waals surface area contributed by atoms with E-state index in [4.69, 9.17) is 21.1 Å². The highest BCUT2D eigenvalue weighted by Gasteiger charge is 2.07. The molecule has 0 aliphatic carbocycles. The van der Waals surface area contributed by atoms with Gasteiger partial charge in [0, 0.05) is 10.6 Å². The molecule has 1 N–H and O–H groups in total. The van der Waals surface area contributed by atoms with Crippen molar-refractivity contribution in [2.24, 2.45) is 5.10 Å². The van der Waals surface area contributed by atoms with E-state index in [0.29, 0.717) is 28.5 Å². The van der Waals surface area contributed by atoms with Gasteiger partial charge < -0.3 is 9.47 Å². The van der Waals surface area contributed by atoms with E-state index in [1.54, 1.807) is 49.4 Å². The first-order valence-corrected chi connectivity index (χ1v) is 7.94. The lowest BCUT2D eigenvalue weighted by Crippen LogP contribution is -2.24. The molecule has 0 unspecified atom stereocenters. The van der Waals surface area contributed by atoms with Crippen molar-refractivity contribution in [3.63, 3.8) is 0 Å². The summed E-state index contributed by atoms with van der Waals surface area (Å²) in [5.74, 6) is -0.364. The van der Waals surface area contributed by atoms with E-state index in [9.17, 15) is 9.59 Å². The minimum Gasteiger partial charge on any atom is -0.484 e. The van der Waals surface area contributed by atoms with Gasteiger partial charge in [-0.3, -0.25) is 4.79 Å². The van der Waals surface area contributed by atoms with Crippen molar-refractivity contribution >= 4 is 29.7 Å². The normalized spacial score (nSPS) is 10.5. The van der Waals surface area contributed by atoms with Crippen LogP contribution in [0.3, 0.4) is 0 Å². The maximum absolute atomic E-state index is 11.7. The molecule has 0 atom stereocenters. The predicted octanol–water partition coefficient (Wildman–Crippen LogP) is 3.05. The smallest absolute Gasteiger partial charge is 0.338 e. The molecule has 2 rings (SSSR count). The fourth-order valence-corrected chi connectivity index (χ4v) is 2.02. The Morgan fingerprint density at radius 3 is 2.56 bits per heavy atom. The summed E-state index contributed by atoms with van der Waals surface area (Å²) in [6, 6.07) is 13.4. The van der Waals surface area contributed by atoms with Crippen LogP contribution < -0.4 is 10.2 Å². The second-order valence-corrected chi connectivity index (χ2v) is 5.26. The van der Waals surface area contributed by atoms with Gasteiger partial charge in [0.2, 0.25) is 0 Å². The first-order chi connectivity index (χ1) is 12.1. The number of hydrogen-bond donors (Lipinski definition) is 1. The lowest BCUT2D eigenvalue weighted by atomic mass is 10.2. The van der Waals surface area contributed by atoms with Crippen LogP contribution in [0.1, 0.15) is 22.8 Å². The molecule has 130 valence electrons. The van der Waals surface area contributed by atoms with E-state index in [0.717, 1.165) is 0 Å². The van der Waals surface area contributed by atoms with Gasteiger partial charge in [0.05, 0.1) is 18.4 Å². The van der Waals surface area contributed by atoms with Crippen molar-refractivity contribution in [2.45, 2.75) is 6.92 Å². The number of carbonyl (C=O) groups excluding carboxylic acids is 2. The van der Waals surface area contributed by atoms with Crippen molar-refractivity contribution in [2.75, 3.05) is 13.2 Å². The van der Waals surface area contributed by atoms with Crippen LogP contribution in [0.2, 0.25) is 5.02 Å². The van der Waals surface area contributed by atoms with Crippen molar-refractivity contribution < 1.29 is 19.1 Å². The van der Waals surface area contributed by atoms with Gasteiger partial charge in [0.1, 0.15) is 5.75 Å². The summed E-state index contributed by atoms with van der Waals surface area (Å²) in [6.45, 7) is 1.84. The average molecular weight is 361 g/mol. The Hall–Kier alpha value is -2.86. The highest BCUT2D eigenvalue weighted by molar-refractivity contribution is 6.33. The molecule has 2 aromatic rings. The minimum absolute atomic E-state index is 0.210. The number of rotatable bonds is 7. The number of amides is 1. The van der Waals surface area contributed by atoms with Crippen LogP contribution in [0.15, 0.2) is 53.6 Å². The molecule has 2 aromatic carbocycles. The zero-order valence-electron chi connectivity index (χ0n) is 13.6. The minimum atomic E-state index is -0.419. The third-order valence-corrected chi connectivity index (χ3v) is 3.38. The molecule has 0 aliphatic heterocycles. The quantitative estimate of drug-likeness (QED) is 0.467. The maximum Gasteiger partial charge on any atom is 0.338 e. The van der Waals surface area contributed by atoms with E-state index in [1.165, 1.54) is 6.21 Å². The van der Waals surface area contributed by atoms with Crippen molar-refractivity contribution in [1.29, 1.82) is 0 Å². The van der Waals surface area contributed by atoms with Gasteiger partial charge in [-0.25, -0.2) is 10.2 Å². The van der Waals surface area contributed by atoms with Gasteiger partial charge >= 0.3 is 5.97 Å². The molecule has 0 aromatic heterocycles. The highest BCUT2D eigenvalue weighted by atomic mass is 35.5. The monoisotopic (exact) mass is 360 g/mol. The van der Waals surface area contributed by atoms with Crippen LogP contribution >= 0.6 is 11.6 Å². The first-order valence-electron chi connectivity index (χ1n) is 7.56. The van der Waals surface area contributed by atoms with Gasteiger partial charge in [0.25, 0.3) is 5.91 Å². The number of halogens is 1. The summed E-state index contributed by atoms with van der Waals surface area (Å²) in [6.07, 6.45) is 1.45. The maximum atomic E-state index is 11.7. The van der Waals surface area contributed by atoms with E-state index in [2.05, 4.69) is 10.5 Å². The summed E-state index contributed by atoms with van der Waals surface area (Å²) < 4.78 is 10.2. The molecule has 6 nitrogen and oxygen atoms in total. The largest absolute Gasteiger partial charge is 0.484 e. The van der Waals surface area contributed by atoms with E-state index in [-0.39, 0.29) is 6.61 Å². The number of hydrazone groups is 1. The van der Waals surface area contributed by atoms with Crippen LogP contribution in [-0.4, -0.2) is 31.3 Å². The number of hydrogen-bond acceptors (Lipinski definition) is 5. The summed E-state index contributed by atoms with van der Waals surface area (Å²) in [5, 5.41) is 4.36. The molecule has 7 heteroatoms. The second kappa shape index (κ2) is 9.44. The molecule has 0 radical (unpaired) electrons. The number of nitrogens with zero attached hydrogens (tertiary/aromatic N) is 1. The number of carbonyl (C=O) groups is 2. The molecule has 0 bridgehead atoms. The molecule has 0 saturated heterocycles. The van der Waals surface area contributed by atoms with E-state index >= 15 is 0 Å². The fraction of sp³-hybridized carbons (Fsp3) is 0.167. The third kappa shape index (κ3) is 5.93. The van der Waals surface area contributed by atoms with Gasteiger partial charge in [-0.1, -0.05) is 29.8 Å². The molecule has 0 heterocycles. The summed E-state index contributed by atoms with van der Waals surface area (Å²) in [7, 11) is 0. The third-order valence-electron chi connectivity index (χ3n) is 3.03. The summed E-state index contributed by atoms with van der Waals surface area (Å²) >= 11 is 5.97. The molecule has 1 amide bonds. The SMILES string of the molecule is CCOC(=O)c1ccc(OCC(=O)NN=Cc2ccccc2Cl)cc1. The van der Waals surface area contributed by atoms with Gasteiger partial charge in [-0.05, 0) is 37.3 Å². The Morgan fingerprint density at radius 2 is 1.88 bits per heavy atom. The van der Waals surface area contributed by atoms with Crippen LogP contribution in [0, 0.1) is 0 Å². The summed E-state index contributed by atoms with van der Waals surface area (Å²) in [5.41, 5.74) is 3.46. The average Bonchev–Trinajstić information content (AvgIpc) is 2.62. The second-order valence-electron chi connectivity index (χ2n) is 4.85. The van der Waals surface area contributed by atoms with Gasteiger partial charge in [-0.15, -0.1) is 0 Å². The number of nitrogens with one attached hydrogen (secondary N) is 1. The van der Waals surface area contributed by atoms with Crippen LogP contribution in [-0.2, 0) is 9.53 Å². The lowest BCUT2D eigenvalue weighted by Gasteiger charge is -2.06. The molecule has 0 spiro atoms. The zero-order chi connectivity index (χ0) is 18.1. The van der Waals surface area contributed by atoms with Crippen molar-refractivity contribution in [3.8, 4) is 5.75 Å². The lowest BCUT2D eigenvalue weighted by molar-refractivity contribution is -0.123. The van der Waals surface area contributed by atoms with Gasteiger partial charge in [0.15, 0.2) is 6.61 Å². The first kappa shape index (κ1) is 18.5. The Kier molecular flexibility index (Phi) is 6.98. The van der Waals surface area contributed by atoms with E-state index < -0.39 is 11.9 Å². The number of esters is 1. The Bertz CT molecular complexity index is 760. The standard InChI is InChI=1S/C18H17ClN2O4/c1-2-24-18(23)13-7-9-15(10-8-13)25-12-17(22)21-20-11-14-5-3-4-6-16(14)19/h3-11H,2,12H2,1H3,(H,21,22). The predicted molar refractivity (Wildman–Crippen MR) is 95.1 cm³/mol. The van der Waals surface area contributed by atoms with Crippen LogP contribution in [0.4, 0.5) is 0 Å². The Morgan fingerprint density at radius 1 is 1.16 bits per heavy atom. The molecule has 0 saturated carbocycles. The van der Waals surface area contributed by atoms with Gasteiger partial charge in [-0.2, -0.15) is 5.10 Å². The number of ether oxygens (including phenoxy) is 2. The fourth-order valence-electron chi connectivity index (χ4n) is 1.84. The van der Waals surface area contributed by atoms with Crippen molar-refractivity contribution in [1.82, 2.24) is 5.43 Å². The summed E-state index contributed by atoms with van der Waals surface area (Å²) in [4.78, 5) is 23.2.